The van der Waals surface area contributed by atoms with Crippen molar-refractivity contribution >= 4 is 18.6 Å². The van der Waals surface area contributed by atoms with Crippen molar-refractivity contribution in [1.29, 1.82) is 0 Å². The average Bonchev–Trinajstić information content (AvgIpc) is 2.64. The Morgan fingerprint density at radius 2 is 1.77 bits per heavy atom. The number of esters is 1. The monoisotopic (exact) mass is 304 g/mol. The molecule has 0 radical (unpaired) electrons. The molecule has 0 bridgehead atoms. The van der Waals surface area contributed by atoms with Crippen LogP contribution in [0.1, 0.15) is 52.7 Å². The fourth-order valence-electron chi connectivity index (χ4n) is 2.43. The van der Waals surface area contributed by atoms with Crippen molar-refractivity contribution in [2.45, 2.75) is 65.8 Å². The summed E-state index contributed by atoms with van der Waals surface area (Å²) < 4.78 is 17.4. The Hall–Kier alpha value is -1.33. The first-order chi connectivity index (χ1) is 10.2. The highest BCUT2D eigenvalue weighted by Crippen LogP contribution is 2.36. The Morgan fingerprint density at radius 1 is 1.18 bits per heavy atom. The second-order valence-electron chi connectivity index (χ2n) is 6.76. The van der Waals surface area contributed by atoms with Gasteiger partial charge in [0.1, 0.15) is 6.61 Å². The number of carbonyl (C=O) groups is 1. The minimum atomic E-state index is -0.391. The van der Waals surface area contributed by atoms with Crippen molar-refractivity contribution in [2.75, 3.05) is 0 Å². The summed E-state index contributed by atoms with van der Waals surface area (Å²) in [6.45, 7) is 12.0. The summed E-state index contributed by atoms with van der Waals surface area (Å²) in [7, 11) is -0.391. The average molecular weight is 304 g/mol. The van der Waals surface area contributed by atoms with Gasteiger partial charge in [0.05, 0.1) is 11.2 Å². The van der Waals surface area contributed by atoms with E-state index in [1.165, 1.54) is 12.5 Å². The van der Waals surface area contributed by atoms with Crippen LogP contribution in [0.3, 0.4) is 0 Å². The Labute approximate surface area is 133 Å². The Bertz CT molecular complexity index is 550. The van der Waals surface area contributed by atoms with Crippen LogP contribution >= 0.6 is 0 Å². The highest BCUT2D eigenvalue weighted by molar-refractivity contribution is 6.62. The minimum absolute atomic E-state index is 0.270. The van der Waals surface area contributed by atoms with Crippen molar-refractivity contribution < 1.29 is 18.8 Å². The van der Waals surface area contributed by atoms with Crippen LogP contribution in [0, 0.1) is 0 Å². The summed E-state index contributed by atoms with van der Waals surface area (Å²) >= 11 is 0. The minimum Gasteiger partial charge on any atom is -0.461 e. The second-order valence-corrected chi connectivity index (χ2v) is 6.76. The van der Waals surface area contributed by atoms with Crippen LogP contribution in [-0.4, -0.2) is 24.3 Å². The van der Waals surface area contributed by atoms with Gasteiger partial charge in [-0.2, -0.15) is 0 Å². The van der Waals surface area contributed by atoms with Crippen LogP contribution in [0.15, 0.2) is 18.2 Å². The number of hydrogen-bond donors (Lipinski definition) is 0. The molecular weight excluding hydrogens is 279 g/mol. The molecule has 22 heavy (non-hydrogen) atoms. The van der Waals surface area contributed by atoms with Crippen LogP contribution in [0.4, 0.5) is 0 Å². The number of benzene rings is 1. The molecule has 0 amide bonds. The molecule has 0 spiro atoms. The highest BCUT2D eigenvalue weighted by Gasteiger charge is 2.52. The first kappa shape index (κ1) is 17.0. The summed E-state index contributed by atoms with van der Waals surface area (Å²) in [5, 5.41) is 0. The lowest BCUT2D eigenvalue weighted by molar-refractivity contribution is -0.142. The van der Waals surface area contributed by atoms with E-state index in [-0.39, 0.29) is 23.8 Å². The largest absolute Gasteiger partial charge is 0.495 e. The van der Waals surface area contributed by atoms with Gasteiger partial charge in [0, 0.05) is 6.92 Å². The van der Waals surface area contributed by atoms with Gasteiger partial charge in [0.2, 0.25) is 0 Å². The molecule has 120 valence electrons. The lowest BCUT2D eigenvalue weighted by atomic mass is 9.74. The Morgan fingerprint density at radius 3 is 2.27 bits per heavy atom. The Balaban J connectivity index is 2.29. The summed E-state index contributed by atoms with van der Waals surface area (Å²) in [6, 6.07) is 6.06. The molecule has 1 aromatic carbocycles. The van der Waals surface area contributed by atoms with Gasteiger partial charge in [-0.25, -0.2) is 0 Å². The predicted octanol–water partition coefficient (Wildman–Crippen LogP) is 2.61. The van der Waals surface area contributed by atoms with E-state index in [1.807, 2.05) is 39.8 Å². The summed E-state index contributed by atoms with van der Waals surface area (Å²) in [4.78, 5) is 11.0. The summed E-state index contributed by atoms with van der Waals surface area (Å²) in [5.74, 6) is -0.281. The molecule has 0 aromatic heterocycles. The van der Waals surface area contributed by atoms with E-state index < -0.39 is 7.12 Å². The molecule has 0 aliphatic carbocycles. The van der Waals surface area contributed by atoms with Crippen molar-refractivity contribution in [3.63, 3.8) is 0 Å². The van der Waals surface area contributed by atoms with Gasteiger partial charge in [-0.05, 0) is 50.7 Å². The zero-order chi connectivity index (χ0) is 16.5. The maximum absolute atomic E-state index is 11.0. The quantitative estimate of drug-likeness (QED) is 0.633. The van der Waals surface area contributed by atoms with Crippen LogP contribution in [0.25, 0.3) is 0 Å². The number of rotatable bonds is 4. The van der Waals surface area contributed by atoms with Crippen molar-refractivity contribution in [2.24, 2.45) is 0 Å². The molecule has 5 heteroatoms. The molecule has 1 aliphatic rings. The molecule has 0 N–H and O–H groups in total. The molecule has 1 aromatic rings. The molecule has 4 nitrogen and oxygen atoms in total. The lowest BCUT2D eigenvalue weighted by Gasteiger charge is -2.32. The smallest absolute Gasteiger partial charge is 0.461 e. The normalized spacial score (nSPS) is 19.3. The first-order valence-electron chi connectivity index (χ1n) is 7.77. The summed E-state index contributed by atoms with van der Waals surface area (Å²) in [6.07, 6.45) is 0.896. The molecule has 1 saturated heterocycles. The molecule has 1 fully saturated rings. The standard InChI is InChI=1S/C17H25BO4/c1-7-14-9-8-13(11-20-12(2)19)10-15(14)18-21-16(3,4)17(5,6)22-18/h8-10H,7,11H2,1-6H3. The number of hydrogen-bond acceptors (Lipinski definition) is 4. The molecule has 2 rings (SSSR count). The van der Waals surface area contributed by atoms with E-state index in [9.17, 15) is 4.79 Å². The molecule has 1 aliphatic heterocycles. The van der Waals surface area contributed by atoms with Gasteiger partial charge in [0.25, 0.3) is 0 Å². The zero-order valence-electron chi connectivity index (χ0n) is 14.4. The zero-order valence-corrected chi connectivity index (χ0v) is 14.4. The van der Waals surface area contributed by atoms with Gasteiger partial charge in [-0.1, -0.05) is 25.1 Å². The van der Waals surface area contributed by atoms with E-state index >= 15 is 0 Å². The second kappa shape index (κ2) is 6.05. The summed E-state index contributed by atoms with van der Waals surface area (Å²) in [5.41, 5.74) is 2.41. The van der Waals surface area contributed by atoms with Crippen LogP contribution in [0.2, 0.25) is 0 Å². The number of carbonyl (C=O) groups excluding carboxylic acids is 1. The molecule has 0 unspecified atom stereocenters. The Kier molecular flexibility index (Phi) is 4.69. The molecular formula is C17H25BO4. The van der Waals surface area contributed by atoms with Gasteiger partial charge in [-0.3, -0.25) is 4.79 Å². The third-order valence-electron chi connectivity index (χ3n) is 4.54. The van der Waals surface area contributed by atoms with Gasteiger partial charge >= 0.3 is 13.1 Å². The van der Waals surface area contributed by atoms with Crippen LogP contribution < -0.4 is 5.46 Å². The van der Waals surface area contributed by atoms with Crippen molar-refractivity contribution in [3.8, 4) is 0 Å². The van der Waals surface area contributed by atoms with E-state index in [2.05, 4.69) is 13.0 Å². The number of ether oxygens (including phenoxy) is 1. The molecule has 1 heterocycles. The van der Waals surface area contributed by atoms with Crippen LogP contribution in [0.5, 0.6) is 0 Å². The third kappa shape index (κ3) is 3.36. The predicted molar refractivity (Wildman–Crippen MR) is 87.0 cm³/mol. The van der Waals surface area contributed by atoms with Gasteiger partial charge in [-0.15, -0.1) is 0 Å². The lowest BCUT2D eigenvalue weighted by Crippen LogP contribution is -2.41. The van der Waals surface area contributed by atoms with Crippen molar-refractivity contribution in [3.05, 3.63) is 29.3 Å². The third-order valence-corrected chi connectivity index (χ3v) is 4.54. The molecule has 0 atom stereocenters. The molecule has 0 saturated carbocycles. The number of aryl methyl sites for hydroxylation is 1. The fraction of sp³-hybridized carbons (Fsp3) is 0.588. The van der Waals surface area contributed by atoms with Gasteiger partial charge in [0.15, 0.2) is 0 Å². The topological polar surface area (TPSA) is 44.8 Å². The van der Waals surface area contributed by atoms with Crippen molar-refractivity contribution in [1.82, 2.24) is 0 Å². The van der Waals surface area contributed by atoms with Gasteiger partial charge < -0.3 is 14.0 Å². The van der Waals surface area contributed by atoms with E-state index in [0.717, 1.165) is 17.4 Å². The SMILES string of the molecule is CCc1ccc(COC(C)=O)cc1B1OC(C)(C)C(C)(C)O1. The highest BCUT2D eigenvalue weighted by atomic mass is 16.7. The maximum Gasteiger partial charge on any atom is 0.495 e. The van der Waals surface area contributed by atoms with Crippen LogP contribution in [-0.2, 0) is 31.9 Å². The van der Waals surface area contributed by atoms with E-state index in [4.69, 9.17) is 14.0 Å². The maximum atomic E-state index is 11.0. The first-order valence-corrected chi connectivity index (χ1v) is 7.77. The fourth-order valence-corrected chi connectivity index (χ4v) is 2.43. The van der Waals surface area contributed by atoms with E-state index in [0.29, 0.717) is 0 Å². The van der Waals surface area contributed by atoms with E-state index in [1.54, 1.807) is 0 Å².